The molecule has 5 heteroatoms. The first-order valence-electron chi connectivity index (χ1n) is 5.96. The first-order chi connectivity index (χ1) is 7.33. The van der Waals surface area contributed by atoms with Gasteiger partial charge >= 0.3 is 0 Å². The first kappa shape index (κ1) is 14.5. The van der Waals surface area contributed by atoms with Crippen LogP contribution in [0.15, 0.2) is 4.52 Å². The summed E-state index contributed by atoms with van der Waals surface area (Å²) in [7, 11) is 0. The molecule has 1 atom stereocenters. The Bertz CT molecular complexity index is 379. The van der Waals surface area contributed by atoms with Gasteiger partial charge in [-0.05, 0) is 24.7 Å². The van der Waals surface area contributed by atoms with Crippen molar-refractivity contribution >= 4 is 12.4 Å². The molecule has 98 valence electrons. The highest BCUT2D eigenvalue weighted by atomic mass is 35.5. The molecule has 1 saturated carbocycles. The summed E-state index contributed by atoms with van der Waals surface area (Å²) in [5, 5.41) is 4.03. The van der Waals surface area contributed by atoms with Gasteiger partial charge in [0.05, 0.1) is 5.54 Å². The van der Waals surface area contributed by atoms with E-state index in [0.29, 0.717) is 11.7 Å². The molecule has 0 aromatic carbocycles. The molecule has 1 aliphatic carbocycles. The Hall–Kier alpha value is -0.610. The molecule has 1 heterocycles. The van der Waals surface area contributed by atoms with Crippen molar-refractivity contribution in [1.29, 1.82) is 0 Å². The van der Waals surface area contributed by atoms with Gasteiger partial charge in [-0.2, -0.15) is 4.98 Å². The highest BCUT2D eigenvalue weighted by Gasteiger charge is 2.40. The van der Waals surface area contributed by atoms with Gasteiger partial charge in [0.1, 0.15) is 0 Å². The molecule has 1 aliphatic rings. The molecule has 1 unspecified atom stereocenters. The molecule has 0 bridgehead atoms. The highest BCUT2D eigenvalue weighted by Crippen LogP contribution is 2.39. The van der Waals surface area contributed by atoms with Crippen LogP contribution in [-0.4, -0.2) is 10.1 Å². The Morgan fingerprint density at radius 3 is 2.35 bits per heavy atom. The molecule has 2 rings (SSSR count). The molecule has 1 aromatic rings. The van der Waals surface area contributed by atoms with Gasteiger partial charge in [0.2, 0.25) is 5.89 Å². The van der Waals surface area contributed by atoms with E-state index in [2.05, 4.69) is 37.8 Å². The zero-order valence-electron chi connectivity index (χ0n) is 11.0. The summed E-state index contributed by atoms with van der Waals surface area (Å²) in [5.74, 6) is 1.64. The predicted octanol–water partition coefficient (Wildman–Crippen LogP) is 2.98. The number of hydrogen-bond donors (Lipinski definition) is 1. The SMILES string of the molecule is CC(c1nc(C2(N)CCC2)no1)C(C)(C)C.Cl. The zero-order chi connectivity index (χ0) is 12.0. The normalized spacial score (nSPS) is 20.3. The zero-order valence-corrected chi connectivity index (χ0v) is 11.8. The van der Waals surface area contributed by atoms with Gasteiger partial charge in [-0.3, -0.25) is 0 Å². The Morgan fingerprint density at radius 2 is 1.94 bits per heavy atom. The lowest BCUT2D eigenvalue weighted by Gasteiger charge is -2.34. The van der Waals surface area contributed by atoms with Crippen molar-refractivity contribution in [2.24, 2.45) is 11.1 Å². The van der Waals surface area contributed by atoms with E-state index in [-0.39, 0.29) is 29.3 Å². The second-order valence-corrected chi connectivity index (χ2v) is 6.05. The molecule has 1 aromatic heterocycles. The summed E-state index contributed by atoms with van der Waals surface area (Å²) in [4.78, 5) is 4.47. The van der Waals surface area contributed by atoms with Crippen LogP contribution in [0.3, 0.4) is 0 Å². The van der Waals surface area contributed by atoms with Crippen LogP contribution in [0.2, 0.25) is 0 Å². The number of halogens is 1. The van der Waals surface area contributed by atoms with Gasteiger partial charge < -0.3 is 10.3 Å². The largest absolute Gasteiger partial charge is 0.339 e. The fourth-order valence-corrected chi connectivity index (χ4v) is 1.77. The summed E-state index contributed by atoms with van der Waals surface area (Å²) < 4.78 is 5.33. The second-order valence-electron chi connectivity index (χ2n) is 6.05. The van der Waals surface area contributed by atoms with Crippen molar-refractivity contribution in [2.75, 3.05) is 0 Å². The quantitative estimate of drug-likeness (QED) is 0.887. The van der Waals surface area contributed by atoms with Crippen LogP contribution >= 0.6 is 12.4 Å². The third kappa shape index (κ3) is 2.63. The van der Waals surface area contributed by atoms with E-state index in [9.17, 15) is 0 Å². The van der Waals surface area contributed by atoms with Crippen LogP contribution in [0.5, 0.6) is 0 Å². The standard InChI is InChI=1S/C12H21N3O.ClH/c1-8(11(2,3)4)9-14-10(15-16-9)12(13)6-5-7-12;/h8H,5-7,13H2,1-4H3;1H. The van der Waals surface area contributed by atoms with Crippen LogP contribution in [0.4, 0.5) is 0 Å². The monoisotopic (exact) mass is 259 g/mol. The Morgan fingerprint density at radius 1 is 1.35 bits per heavy atom. The maximum absolute atomic E-state index is 6.16. The minimum atomic E-state index is -0.320. The average Bonchev–Trinajstić information content (AvgIpc) is 2.60. The molecular formula is C12H22ClN3O. The molecule has 0 saturated heterocycles. The summed E-state index contributed by atoms with van der Waals surface area (Å²) in [5.41, 5.74) is 5.97. The van der Waals surface area contributed by atoms with Crippen molar-refractivity contribution in [3.05, 3.63) is 11.7 Å². The summed E-state index contributed by atoms with van der Waals surface area (Å²) in [6.07, 6.45) is 3.10. The molecule has 1 fully saturated rings. The number of aromatic nitrogens is 2. The predicted molar refractivity (Wildman–Crippen MR) is 69.1 cm³/mol. The number of rotatable bonds is 2. The van der Waals surface area contributed by atoms with E-state index in [1.807, 2.05) is 0 Å². The van der Waals surface area contributed by atoms with Gasteiger partial charge in [-0.15, -0.1) is 12.4 Å². The van der Waals surface area contributed by atoms with Crippen molar-refractivity contribution in [2.45, 2.75) is 58.4 Å². The van der Waals surface area contributed by atoms with Gasteiger partial charge in [-0.1, -0.05) is 32.9 Å². The number of nitrogens with zero attached hydrogens (tertiary/aromatic N) is 2. The van der Waals surface area contributed by atoms with Crippen LogP contribution in [0.25, 0.3) is 0 Å². The highest BCUT2D eigenvalue weighted by molar-refractivity contribution is 5.85. The molecular weight excluding hydrogens is 238 g/mol. The molecule has 4 nitrogen and oxygen atoms in total. The third-order valence-corrected chi connectivity index (χ3v) is 3.80. The molecule has 17 heavy (non-hydrogen) atoms. The topological polar surface area (TPSA) is 64.9 Å². The Kier molecular flexibility index (Phi) is 3.89. The molecule has 0 amide bonds. The Labute approximate surface area is 109 Å². The fourth-order valence-electron chi connectivity index (χ4n) is 1.77. The van der Waals surface area contributed by atoms with Crippen molar-refractivity contribution < 1.29 is 4.52 Å². The fraction of sp³-hybridized carbons (Fsp3) is 0.833. The number of hydrogen-bond acceptors (Lipinski definition) is 4. The smallest absolute Gasteiger partial charge is 0.230 e. The summed E-state index contributed by atoms with van der Waals surface area (Å²) >= 11 is 0. The minimum absolute atomic E-state index is 0. The lowest BCUT2D eigenvalue weighted by Crippen LogP contribution is -2.44. The number of nitrogens with two attached hydrogens (primary N) is 1. The van der Waals surface area contributed by atoms with Gasteiger partial charge in [-0.25, -0.2) is 0 Å². The van der Waals surface area contributed by atoms with E-state index in [4.69, 9.17) is 10.3 Å². The Balaban J connectivity index is 0.00000144. The lowest BCUT2D eigenvalue weighted by molar-refractivity contribution is 0.225. The van der Waals surface area contributed by atoms with Crippen LogP contribution in [0.1, 0.15) is 64.6 Å². The van der Waals surface area contributed by atoms with Crippen molar-refractivity contribution in [3.63, 3.8) is 0 Å². The molecule has 0 aliphatic heterocycles. The van der Waals surface area contributed by atoms with E-state index in [0.717, 1.165) is 19.3 Å². The summed E-state index contributed by atoms with van der Waals surface area (Å²) in [6, 6.07) is 0. The molecule has 0 spiro atoms. The van der Waals surface area contributed by atoms with Crippen LogP contribution in [-0.2, 0) is 5.54 Å². The van der Waals surface area contributed by atoms with Gasteiger partial charge in [0.25, 0.3) is 0 Å². The average molecular weight is 260 g/mol. The van der Waals surface area contributed by atoms with Crippen molar-refractivity contribution in [1.82, 2.24) is 10.1 Å². The van der Waals surface area contributed by atoms with E-state index < -0.39 is 0 Å². The first-order valence-corrected chi connectivity index (χ1v) is 5.96. The molecule has 0 radical (unpaired) electrons. The van der Waals surface area contributed by atoms with Gasteiger partial charge in [0.15, 0.2) is 5.82 Å². The van der Waals surface area contributed by atoms with Gasteiger partial charge in [0, 0.05) is 5.92 Å². The van der Waals surface area contributed by atoms with Crippen LogP contribution < -0.4 is 5.73 Å². The molecule has 2 N–H and O–H groups in total. The van der Waals surface area contributed by atoms with Crippen molar-refractivity contribution in [3.8, 4) is 0 Å². The minimum Gasteiger partial charge on any atom is -0.339 e. The second kappa shape index (κ2) is 4.58. The lowest BCUT2D eigenvalue weighted by atomic mass is 9.77. The van der Waals surface area contributed by atoms with E-state index in [1.165, 1.54) is 0 Å². The van der Waals surface area contributed by atoms with E-state index >= 15 is 0 Å². The maximum Gasteiger partial charge on any atom is 0.230 e. The maximum atomic E-state index is 6.16. The van der Waals surface area contributed by atoms with E-state index in [1.54, 1.807) is 0 Å². The third-order valence-electron chi connectivity index (χ3n) is 3.80. The van der Waals surface area contributed by atoms with Crippen LogP contribution in [0, 0.1) is 5.41 Å². The summed E-state index contributed by atoms with van der Waals surface area (Å²) in [6.45, 7) is 8.62.